The highest BCUT2D eigenvalue weighted by atomic mass is 79.9. The quantitative estimate of drug-likeness (QED) is 0.845. The number of benzene rings is 1. The highest BCUT2D eigenvalue weighted by molar-refractivity contribution is 9.10. The molecule has 0 saturated heterocycles. The topological polar surface area (TPSA) is 20.3 Å². The lowest BCUT2D eigenvalue weighted by Crippen LogP contribution is -2.25. The minimum Gasteiger partial charge on any atom is -0.337 e. The fourth-order valence-electron chi connectivity index (χ4n) is 1.52. The van der Waals surface area contributed by atoms with Gasteiger partial charge in [-0.2, -0.15) is 0 Å². The molecule has 0 aliphatic carbocycles. The van der Waals surface area contributed by atoms with Crippen molar-refractivity contribution in [3.63, 3.8) is 0 Å². The molecular formula is C13H12BrNOS. The summed E-state index contributed by atoms with van der Waals surface area (Å²) in [5, 5.41) is 1.92. The van der Waals surface area contributed by atoms with Crippen LogP contribution in [0.1, 0.15) is 15.2 Å². The average Bonchev–Trinajstić information content (AvgIpc) is 2.84. The normalized spacial score (nSPS) is 10.2. The molecule has 0 N–H and O–H groups in total. The van der Waals surface area contributed by atoms with E-state index in [2.05, 4.69) is 15.9 Å². The summed E-state index contributed by atoms with van der Waals surface area (Å²) in [4.78, 5) is 14.5. The molecule has 0 bridgehead atoms. The van der Waals surface area contributed by atoms with E-state index >= 15 is 0 Å². The number of hydrogen-bond donors (Lipinski definition) is 0. The second kappa shape index (κ2) is 5.47. The van der Waals surface area contributed by atoms with E-state index in [1.807, 2.05) is 48.8 Å². The van der Waals surface area contributed by atoms with Gasteiger partial charge in [0.2, 0.25) is 0 Å². The van der Waals surface area contributed by atoms with Gasteiger partial charge < -0.3 is 4.90 Å². The lowest BCUT2D eigenvalue weighted by Gasteiger charge is -2.16. The van der Waals surface area contributed by atoms with Gasteiger partial charge in [0, 0.05) is 18.1 Å². The molecular weight excluding hydrogens is 298 g/mol. The highest BCUT2D eigenvalue weighted by Gasteiger charge is 2.12. The Kier molecular flexibility index (Phi) is 3.97. The summed E-state index contributed by atoms with van der Waals surface area (Å²) in [7, 11) is 1.82. The van der Waals surface area contributed by atoms with Crippen LogP contribution in [-0.2, 0) is 6.54 Å². The Morgan fingerprint density at radius 3 is 2.59 bits per heavy atom. The molecule has 1 amide bonds. The van der Waals surface area contributed by atoms with Crippen molar-refractivity contribution in [2.45, 2.75) is 6.54 Å². The second-order valence-corrected chi connectivity index (χ2v) is 5.63. The van der Waals surface area contributed by atoms with E-state index in [9.17, 15) is 4.79 Å². The van der Waals surface area contributed by atoms with Gasteiger partial charge in [0.1, 0.15) is 0 Å². The lowest BCUT2D eigenvalue weighted by atomic mass is 10.2. The monoisotopic (exact) mass is 309 g/mol. The zero-order valence-corrected chi connectivity index (χ0v) is 11.8. The molecule has 2 nitrogen and oxygen atoms in total. The van der Waals surface area contributed by atoms with Crippen LogP contribution in [0.3, 0.4) is 0 Å². The first kappa shape index (κ1) is 12.3. The van der Waals surface area contributed by atoms with E-state index in [1.165, 1.54) is 11.3 Å². The van der Waals surface area contributed by atoms with Crippen LogP contribution in [0.2, 0.25) is 0 Å². The van der Waals surface area contributed by atoms with Gasteiger partial charge in [-0.05, 0) is 29.1 Å². The molecule has 1 aromatic heterocycles. The van der Waals surface area contributed by atoms with Crippen molar-refractivity contribution in [1.29, 1.82) is 0 Å². The van der Waals surface area contributed by atoms with Gasteiger partial charge in [0.25, 0.3) is 5.91 Å². The first-order valence-electron chi connectivity index (χ1n) is 5.20. The van der Waals surface area contributed by atoms with Crippen molar-refractivity contribution >= 4 is 33.2 Å². The van der Waals surface area contributed by atoms with Crippen LogP contribution in [0.4, 0.5) is 0 Å². The number of thiophene rings is 1. The molecule has 0 fully saturated rings. The van der Waals surface area contributed by atoms with Crippen molar-refractivity contribution in [2.24, 2.45) is 0 Å². The molecule has 1 aromatic carbocycles. The zero-order valence-electron chi connectivity index (χ0n) is 9.39. The third-order valence-electron chi connectivity index (χ3n) is 2.41. The lowest BCUT2D eigenvalue weighted by molar-refractivity contribution is 0.0790. The largest absolute Gasteiger partial charge is 0.337 e. The number of rotatable bonds is 3. The van der Waals surface area contributed by atoms with Gasteiger partial charge in [0.15, 0.2) is 0 Å². The van der Waals surface area contributed by atoms with Gasteiger partial charge in [-0.15, -0.1) is 11.3 Å². The van der Waals surface area contributed by atoms with Gasteiger partial charge >= 0.3 is 0 Å². The summed E-state index contributed by atoms with van der Waals surface area (Å²) in [6.45, 7) is 0.629. The fourth-order valence-corrected chi connectivity index (χ4v) is 2.51. The SMILES string of the molecule is CN(Cc1ccc(Br)cc1)C(=O)c1cccs1. The summed E-state index contributed by atoms with van der Waals surface area (Å²) < 4.78 is 1.05. The number of amides is 1. The first-order valence-corrected chi connectivity index (χ1v) is 6.87. The zero-order chi connectivity index (χ0) is 12.3. The maximum Gasteiger partial charge on any atom is 0.263 e. The molecule has 17 heavy (non-hydrogen) atoms. The highest BCUT2D eigenvalue weighted by Crippen LogP contribution is 2.15. The molecule has 4 heteroatoms. The second-order valence-electron chi connectivity index (χ2n) is 3.76. The third kappa shape index (κ3) is 3.17. The van der Waals surface area contributed by atoms with E-state index in [0.29, 0.717) is 6.54 Å². The molecule has 0 atom stereocenters. The number of nitrogens with zero attached hydrogens (tertiary/aromatic N) is 1. The van der Waals surface area contributed by atoms with E-state index < -0.39 is 0 Å². The third-order valence-corrected chi connectivity index (χ3v) is 3.80. The summed E-state index contributed by atoms with van der Waals surface area (Å²) in [6, 6.07) is 11.7. The molecule has 0 spiro atoms. The van der Waals surface area contributed by atoms with Crippen molar-refractivity contribution in [3.8, 4) is 0 Å². The molecule has 1 heterocycles. The molecule has 0 radical (unpaired) electrons. The summed E-state index contributed by atoms with van der Waals surface area (Å²) in [5.74, 6) is 0.0721. The Morgan fingerprint density at radius 1 is 1.29 bits per heavy atom. The Morgan fingerprint density at radius 2 is 2.00 bits per heavy atom. The number of halogens is 1. The predicted molar refractivity (Wildman–Crippen MR) is 74.3 cm³/mol. The average molecular weight is 310 g/mol. The fraction of sp³-hybridized carbons (Fsp3) is 0.154. The Balaban J connectivity index is 2.04. The number of hydrogen-bond acceptors (Lipinski definition) is 2. The van der Waals surface area contributed by atoms with Crippen molar-refractivity contribution < 1.29 is 4.79 Å². The van der Waals surface area contributed by atoms with Gasteiger partial charge in [-0.1, -0.05) is 34.1 Å². The molecule has 0 unspecified atom stereocenters. The van der Waals surface area contributed by atoms with Crippen LogP contribution in [0.15, 0.2) is 46.3 Å². The number of carbonyl (C=O) groups excluding carboxylic acids is 1. The minimum atomic E-state index is 0.0721. The summed E-state index contributed by atoms with van der Waals surface area (Å²) >= 11 is 4.87. The maximum atomic E-state index is 12.0. The molecule has 2 aromatic rings. The Hall–Kier alpha value is -1.13. The first-order chi connectivity index (χ1) is 8.16. The standard InChI is InChI=1S/C13H12BrNOS/c1-15(13(16)12-3-2-8-17-12)9-10-4-6-11(14)7-5-10/h2-8H,9H2,1H3. The van der Waals surface area contributed by atoms with E-state index in [-0.39, 0.29) is 5.91 Å². The summed E-state index contributed by atoms with van der Waals surface area (Å²) in [6.07, 6.45) is 0. The van der Waals surface area contributed by atoms with E-state index in [0.717, 1.165) is 14.9 Å². The minimum absolute atomic E-state index is 0.0721. The van der Waals surface area contributed by atoms with E-state index in [1.54, 1.807) is 4.90 Å². The smallest absolute Gasteiger partial charge is 0.263 e. The van der Waals surface area contributed by atoms with Crippen molar-refractivity contribution in [3.05, 3.63) is 56.7 Å². The van der Waals surface area contributed by atoms with Crippen LogP contribution in [0.5, 0.6) is 0 Å². The van der Waals surface area contributed by atoms with Crippen LogP contribution in [0.25, 0.3) is 0 Å². The van der Waals surface area contributed by atoms with Crippen LogP contribution in [-0.4, -0.2) is 17.9 Å². The van der Waals surface area contributed by atoms with Gasteiger partial charge in [0.05, 0.1) is 4.88 Å². The summed E-state index contributed by atoms with van der Waals surface area (Å²) in [5.41, 5.74) is 1.13. The maximum absolute atomic E-state index is 12.0. The van der Waals surface area contributed by atoms with Gasteiger partial charge in [-0.3, -0.25) is 4.79 Å². The molecule has 0 aliphatic rings. The van der Waals surface area contributed by atoms with Gasteiger partial charge in [-0.25, -0.2) is 0 Å². The molecule has 88 valence electrons. The van der Waals surface area contributed by atoms with Crippen molar-refractivity contribution in [1.82, 2.24) is 4.90 Å². The Bertz CT molecular complexity index is 493. The van der Waals surface area contributed by atoms with Crippen LogP contribution >= 0.6 is 27.3 Å². The molecule has 0 saturated carbocycles. The predicted octanol–water partition coefficient (Wildman–Crippen LogP) is 3.78. The van der Waals surface area contributed by atoms with E-state index in [4.69, 9.17) is 0 Å². The molecule has 0 aliphatic heterocycles. The van der Waals surface area contributed by atoms with Crippen molar-refractivity contribution in [2.75, 3.05) is 7.05 Å². The van der Waals surface area contributed by atoms with Crippen LogP contribution < -0.4 is 0 Å². The van der Waals surface area contributed by atoms with Crippen LogP contribution in [0, 0.1) is 0 Å². The number of carbonyl (C=O) groups is 1. The molecule has 2 rings (SSSR count). The Labute approximate surface area is 113 Å².